The standard InChI is InChI=1S/C22H23ClN2O4/c1-22(2)10-14-17(15(26)11-22)16(12-4-6-13(23)7-5-12)18(21(28)29-3)19-20(27)24-8-9-25(14)19/h4-7,16H,8-11H2,1-3H3,(H,24,27)/t16-/m1/s1. The Bertz CT molecular complexity index is 975. The lowest BCUT2D eigenvalue weighted by atomic mass is 9.68. The van der Waals surface area contributed by atoms with Crippen LogP contribution in [0.5, 0.6) is 0 Å². The number of nitrogens with zero attached hydrogens (tertiary/aromatic N) is 1. The van der Waals surface area contributed by atoms with Gasteiger partial charge >= 0.3 is 5.97 Å². The molecule has 3 aliphatic rings. The van der Waals surface area contributed by atoms with Gasteiger partial charge in [0.2, 0.25) is 0 Å². The van der Waals surface area contributed by atoms with E-state index in [-0.39, 0.29) is 28.4 Å². The van der Waals surface area contributed by atoms with E-state index < -0.39 is 11.9 Å². The van der Waals surface area contributed by atoms with Gasteiger partial charge in [-0.25, -0.2) is 4.79 Å². The van der Waals surface area contributed by atoms with Gasteiger partial charge < -0.3 is 15.0 Å². The second-order valence-corrected chi connectivity index (χ2v) is 8.88. The summed E-state index contributed by atoms with van der Waals surface area (Å²) in [7, 11) is 1.29. The summed E-state index contributed by atoms with van der Waals surface area (Å²) in [5.41, 5.74) is 2.43. The molecule has 7 heteroatoms. The average Bonchev–Trinajstić information content (AvgIpc) is 2.67. The van der Waals surface area contributed by atoms with Crippen molar-refractivity contribution in [2.45, 2.75) is 32.6 Å². The molecule has 1 aliphatic carbocycles. The predicted molar refractivity (Wildman–Crippen MR) is 108 cm³/mol. The smallest absolute Gasteiger partial charge is 0.337 e. The second kappa shape index (κ2) is 7.02. The molecule has 0 bridgehead atoms. The molecule has 1 fully saturated rings. The van der Waals surface area contributed by atoms with E-state index in [1.165, 1.54) is 7.11 Å². The Morgan fingerprint density at radius 2 is 1.90 bits per heavy atom. The molecule has 0 saturated carbocycles. The van der Waals surface area contributed by atoms with Crippen molar-refractivity contribution in [3.63, 3.8) is 0 Å². The lowest BCUT2D eigenvalue weighted by molar-refractivity contribution is -0.137. The van der Waals surface area contributed by atoms with Gasteiger partial charge in [0.25, 0.3) is 5.91 Å². The van der Waals surface area contributed by atoms with Gasteiger partial charge in [0.05, 0.1) is 12.7 Å². The maximum atomic E-state index is 13.3. The van der Waals surface area contributed by atoms with Gasteiger partial charge in [0.15, 0.2) is 5.78 Å². The van der Waals surface area contributed by atoms with Crippen LogP contribution in [0.4, 0.5) is 0 Å². The maximum absolute atomic E-state index is 13.3. The van der Waals surface area contributed by atoms with E-state index in [2.05, 4.69) is 19.2 Å². The molecule has 1 aromatic carbocycles. The number of nitrogens with one attached hydrogen (secondary N) is 1. The fourth-order valence-corrected chi connectivity index (χ4v) is 4.73. The number of allylic oxidation sites excluding steroid dienone is 2. The summed E-state index contributed by atoms with van der Waals surface area (Å²) in [6.07, 6.45) is 1.04. The highest BCUT2D eigenvalue weighted by atomic mass is 35.5. The lowest BCUT2D eigenvalue weighted by Gasteiger charge is -2.46. The molecule has 1 aromatic rings. The first-order valence-electron chi connectivity index (χ1n) is 9.63. The number of benzene rings is 1. The van der Waals surface area contributed by atoms with Crippen LogP contribution in [0.3, 0.4) is 0 Å². The van der Waals surface area contributed by atoms with Crippen LogP contribution in [0.2, 0.25) is 5.02 Å². The molecule has 2 heterocycles. The van der Waals surface area contributed by atoms with Crippen molar-refractivity contribution in [1.82, 2.24) is 10.2 Å². The number of piperazine rings is 1. The van der Waals surface area contributed by atoms with Crippen LogP contribution >= 0.6 is 11.6 Å². The Balaban J connectivity index is 2.01. The third kappa shape index (κ3) is 3.25. The molecule has 1 saturated heterocycles. The number of amides is 1. The number of halogens is 1. The number of carbonyl (C=O) groups is 3. The van der Waals surface area contributed by atoms with Gasteiger partial charge in [-0.1, -0.05) is 37.6 Å². The number of hydrogen-bond acceptors (Lipinski definition) is 5. The van der Waals surface area contributed by atoms with Gasteiger partial charge in [0, 0.05) is 41.7 Å². The Morgan fingerprint density at radius 1 is 1.21 bits per heavy atom. The highest BCUT2D eigenvalue weighted by Crippen LogP contribution is 2.50. The van der Waals surface area contributed by atoms with Crippen LogP contribution < -0.4 is 5.32 Å². The first kappa shape index (κ1) is 19.7. The van der Waals surface area contributed by atoms with Crippen molar-refractivity contribution in [3.8, 4) is 0 Å². The molecule has 4 rings (SSSR count). The number of Topliss-reactive ketones (excluding diaryl/α,β-unsaturated/α-hetero) is 1. The zero-order valence-electron chi connectivity index (χ0n) is 16.7. The Hall–Kier alpha value is -2.60. The highest BCUT2D eigenvalue weighted by molar-refractivity contribution is 6.30. The molecule has 0 unspecified atom stereocenters. The summed E-state index contributed by atoms with van der Waals surface area (Å²) >= 11 is 6.06. The zero-order valence-corrected chi connectivity index (χ0v) is 17.4. The number of ketones is 1. The van der Waals surface area contributed by atoms with Crippen LogP contribution in [-0.4, -0.2) is 42.8 Å². The number of esters is 1. The summed E-state index contributed by atoms with van der Waals surface area (Å²) in [4.78, 5) is 40.9. The number of hydrogen-bond donors (Lipinski definition) is 1. The Kier molecular flexibility index (Phi) is 4.77. The molecule has 29 heavy (non-hydrogen) atoms. The minimum absolute atomic E-state index is 0.00244. The molecule has 1 amide bonds. The monoisotopic (exact) mass is 414 g/mol. The quantitative estimate of drug-likeness (QED) is 0.753. The largest absolute Gasteiger partial charge is 0.466 e. The normalized spacial score (nSPS) is 23.4. The zero-order chi connectivity index (χ0) is 20.9. The summed E-state index contributed by atoms with van der Waals surface area (Å²) in [5.74, 6) is -1.58. The number of methoxy groups -OCH3 is 1. The topological polar surface area (TPSA) is 75.7 Å². The summed E-state index contributed by atoms with van der Waals surface area (Å²) < 4.78 is 5.05. The van der Waals surface area contributed by atoms with Crippen molar-refractivity contribution in [3.05, 3.63) is 57.4 Å². The van der Waals surface area contributed by atoms with Crippen molar-refractivity contribution in [2.24, 2.45) is 5.41 Å². The van der Waals surface area contributed by atoms with Crippen molar-refractivity contribution < 1.29 is 19.1 Å². The third-order valence-corrected chi connectivity index (χ3v) is 6.02. The fourth-order valence-electron chi connectivity index (χ4n) is 4.60. The molecule has 1 atom stereocenters. The van der Waals surface area contributed by atoms with E-state index in [0.717, 1.165) is 11.3 Å². The molecule has 152 valence electrons. The number of fused-ring (bicyclic) bond motifs is 2. The van der Waals surface area contributed by atoms with Crippen LogP contribution in [0.25, 0.3) is 0 Å². The SMILES string of the molecule is COC(=O)C1=C2C(=O)NCCN2C2=C(C(=O)CC(C)(C)C2)[C@H]1c1ccc(Cl)cc1. The van der Waals surface area contributed by atoms with E-state index in [9.17, 15) is 14.4 Å². The Morgan fingerprint density at radius 3 is 2.55 bits per heavy atom. The molecule has 6 nitrogen and oxygen atoms in total. The first-order chi connectivity index (χ1) is 13.7. The van der Waals surface area contributed by atoms with Gasteiger partial charge in [-0.15, -0.1) is 0 Å². The van der Waals surface area contributed by atoms with Gasteiger partial charge in [-0.05, 0) is 29.5 Å². The van der Waals surface area contributed by atoms with E-state index in [0.29, 0.717) is 36.5 Å². The number of rotatable bonds is 2. The number of carbonyl (C=O) groups excluding carboxylic acids is 3. The van der Waals surface area contributed by atoms with Gasteiger partial charge in [0.1, 0.15) is 5.70 Å². The van der Waals surface area contributed by atoms with Crippen molar-refractivity contribution in [2.75, 3.05) is 20.2 Å². The average molecular weight is 415 g/mol. The summed E-state index contributed by atoms with van der Waals surface area (Å²) in [5, 5.41) is 3.38. The molecule has 0 aromatic heterocycles. The third-order valence-electron chi connectivity index (χ3n) is 5.77. The maximum Gasteiger partial charge on any atom is 0.337 e. The van der Waals surface area contributed by atoms with Crippen LogP contribution in [0, 0.1) is 5.41 Å². The predicted octanol–water partition coefficient (Wildman–Crippen LogP) is 2.94. The van der Waals surface area contributed by atoms with Gasteiger partial charge in [-0.2, -0.15) is 0 Å². The van der Waals surface area contributed by atoms with Crippen LogP contribution in [0.1, 0.15) is 38.2 Å². The van der Waals surface area contributed by atoms with Gasteiger partial charge in [-0.3, -0.25) is 9.59 Å². The van der Waals surface area contributed by atoms with E-state index in [1.54, 1.807) is 24.3 Å². The Labute approximate surface area is 174 Å². The van der Waals surface area contributed by atoms with Crippen LogP contribution in [-0.2, 0) is 19.1 Å². The molecule has 0 spiro atoms. The molecule has 2 aliphatic heterocycles. The summed E-state index contributed by atoms with van der Waals surface area (Å²) in [6, 6.07) is 7.04. The van der Waals surface area contributed by atoms with Crippen molar-refractivity contribution >= 4 is 29.3 Å². The van der Waals surface area contributed by atoms with E-state index in [1.807, 2.05) is 4.90 Å². The van der Waals surface area contributed by atoms with E-state index in [4.69, 9.17) is 16.3 Å². The molecular formula is C22H23ClN2O4. The van der Waals surface area contributed by atoms with Crippen molar-refractivity contribution in [1.29, 1.82) is 0 Å². The molecule has 0 radical (unpaired) electrons. The highest BCUT2D eigenvalue weighted by Gasteiger charge is 2.48. The number of ether oxygens (including phenoxy) is 1. The van der Waals surface area contributed by atoms with E-state index >= 15 is 0 Å². The fraction of sp³-hybridized carbons (Fsp3) is 0.409. The minimum atomic E-state index is -0.659. The first-order valence-corrected chi connectivity index (χ1v) is 10.0. The molecular weight excluding hydrogens is 392 g/mol. The molecule has 1 N–H and O–H groups in total. The minimum Gasteiger partial charge on any atom is -0.466 e. The lowest BCUT2D eigenvalue weighted by Crippen LogP contribution is -2.51. The second-order valence-electron chi connectivity index (χ2n) is 8.45. The summed E-state index contributed by atoms with van der Waals surface area (Å²) in [6.45, 7) is 5.06. The van der Waals surface area contributed by atoms with Crippen LogP contribution in [0.15, 0.2) is 46.8 Å².